The molecule has 132 valence electrons. The highest BCUT2D eigenvalue weighted by Gasteiger charge is 2.15. The summed E-state index contributed by atoms with van der Waals surface area (Å²) >= 11 is 0. The van der Waals surface area contributed by atoms with Gasteiger partial charge in [0, 0.05) is 24.0 Å². The van der Waals surface area contributed by atoms with Crippen molar-refractivity contribution in [2.24, 2.45) is 0 Å². The lowest BCUT2D eigenvalue weighted by molar-refractivity contribution is 0.461. The summed E-state index contributed by atoms with van der Waals surface area (Å²) in [6.07, 6.45) is 8.01. The van der Waals surface area contributed by atoms with Gasteiger partial charge in [0.1, 0.15) is 5.82 Å². The first kappa shape index (κ1) is 16.5. The molecule has 26 heavy (non-hydrogen) atoms. The molecule has 5 heteroatoms. The lowest BCUT2D eigenvalue weighted by Gasteiger charge is -2.23. The van der Waals surface area contributed by atoms with Crippen LogP contribution in [0.5, 0.6) is 0 Å². The number of hydrogen-bond acceptors (Lipinski definition) is 5. The van der Waals surface area contributed by atoms with Crippen molar-refractivity contribution >= 4 is 17.5 Å². The van der Waals surface area contributed by atoms with E-state index in [4.69, 9.17) is 4.98 Å². The fourth-order valence-corrected chi connectivity index (χ4v) is 3.32. The van der Waals surface area contributed by atoms with Gasteiger partial charge in [-0.15, -0.1) is 0 Å². The summed E-state index contributed by atoms with van der Waals surface area (Å²) in [6.45, 7) is 0. The SMILES string of the molecule is c1ccc(Nc2cc(-c3ccccn3)nc(NC3CCCCC3)n2)cc1. The molecule has 1 aliphatic rings. The lowest BCUT2D eigenvalue weighted by Crippen LogP contribution is -2.23. The van der Waals surface area contributed by atoms with Crippen LogP contribution in [0.25, 0.3) is 11.4 Å². The molecule has 2 aromatic heterocycles. The fourth-order valence-electron chi connectivity index (χ4n) is 3.32. The number of rotatable bonds is 5. The molecule has 0 amide bonds. The van der Waals surface area contributed by atoms with Crippen LogP contribution in [0, 0.1) is 0 Å². The summed E-state index contributed by atoms with van der Waals surface area (Å²) in [5.74, 6) is 1.43. The molecule has 2 heterocycles. The summed E-state index contributed by atoms with van der Waals surface area (Å²) in [5.41, 5.74) is 2.66. The minimum absolute atomic E-state index is 0.451. The molecule has 0 radical (unpaired) electrons. The molecule has 0 aliphatic heterocycles. The van der Waals surface area contributed by atoms with E-state index in [-0.39, 0.29) is 0 Å². The van der Waals surface area contributed by atoms with Gasteiger partial charge in [-0.1, -0.05) is 43.5 Å². The summed E-state index contributed by atoms with van der Waals surface area (Å²) in [4.78, 5) is 13.8. The van der Waals surface area contributed by atoms with Gasteiger partial charge in [-0.25, -0.2) is 4.98 Å². The summed E-state index contributed by atoms with van der Waals surface area (Å²) < 4.78 is 0. The highest BCUT2D eigenvalue weighted by Crippen LogP contribution is 2.25. The smallest absolute Gasteiger partial charge is 0.225 e. The molecule has 2 N–H and O–H groups in total. The highest BCUT2D eigenvalue weighted by atomic mass is 15.2. The van der Waals surface area contributed by atoms with Gasteiger partial charge in [0.25, 0.3) is 0 Å². The van der Waals surface area contributed by atoms with E-state index in [2.05, 4.69) is 20.6 Å². The van der Waals surface area contributed by atoms with Crippen LogP contribution in [0.15, 0.2) is 60.8 Å². The van der Waals surface area contributed by atoms with Gasteiger partial charge in [-0.2, -0.15) is 4.98 Å². The van der Waals surface area contributed by atoms with Crippen molar-refractivity contribution in [2.75, 3.05) is 10.6 Å². The minimum Gasteiger partial charge on any atom is -0.351 e. The Morgan fingerprint density at radius 3 is 2.38 bits per heavy atom. The predicted molar refractivity (Wildman–Crippen MR) is 105 cm³/mol. The number of nitrogens with one attached hydrogen (secondary N) is 2. The van der Waals surface area contributed by atoms with E-state index in [1.54, 1.807) is 6.20 Å². The molecule has 4 rings (SSSR count). The van der Waals surface area contributed by atoms with Crippen LogP contribution in [0.2, 0.25) is 0 Å². The van der Waals surface area contributed by atoms with Crippen LogP contribution in [0.3, 0.4) is 0 Å². The number of para-hydroxylation sites is 1. The Bertz CT molecular complexity index is 830. The van der Waals surface area contributed by atoms with Crippen LogP contribution < -0.4 is 10.6 Å². The maximum Gasteiger partial charge on any atom is 0.225 e. The Morgan fingerprint density at radius 2 is 1.62 bits per heavy atom. The minimum atomic E-state index is 0.451. The zero-order chi connectivity index (χ0) is 17.6. The first-order valence-corrected chi connectivity index (χ1v) is 9.26. The van der Waals surface area contributed by atoms with Crippen LogP contribution in [0.4, 0.5) is 17.5 Å². The Hall–Kier alpha value is -2.95. The predicted octanol–water partition coefficient (Wildman–Crippen LogP) is 5.03. The quantitative estimate of drug-likeness (QED) is 0.679. The average Bonchev–Trinajstić information content (AvgIpc) is 2.70. The van der Waals surface area contributed by atoms with Crippen LogP contribution in [-0.4, -0.2) is 21.0 Å². The number of aromatic nitrogens is 3. The van der Waals surface area contributed by atoms with Gasteiger partial charge in [0.2, 0.25) is 5.95 Å². The van der Waals surface area contributed by atoms with E-state index in [0.29, 0.717) is 12.0 Å². The van der Waals surface area contributed by atoms with Crippen molar-refractivity contribution in [2.45, 2.75) is 38.1 Å². The Labute approximate surface area is 153 Å². The third kappa shape index (κ3) is 4.17. The highest BCUT2D eigenvalue weighted by molar-refractivity contribution is 5.65. The number of hydrogen-bond donors (Lipinski definition) is 2. The summed E-state index contributed by atoms with van der Waals surface area (Å²) in [5, 5.41) is 6.90. The van der Waals surface area contributed by atoms with E-state index < -0.39 is 0 Å². The van der Waals surface area contributed by atoms with Gasteiger partial charge >= 0.3 is 0 Å². The monoisotopic (exact) mass is 345 g/mol. The Morgan fingerprint density at radius 1 is 0.808 bits per heavy atom. The largest absolute Gasteiger partial charge is 0.351 e. The third-order valence-corrected chi connectivity index (χ3v) is 4.64. The van der Waals surface area contributed by atoms with Crippen LogP contribution in [-0.2, 0) is 0 Å². The number of nitrogens with zero attached hydrogens (tertiary/aromatic N) is 3. The molecule has 1 fully saturated rings. The van der Waals surface area contributed by atoms with Crippen LogP contribution >= 0.6 is 0 Å². The van der Waals surface area contributed by atoms with Gasteiger partial charge in [-0.3, -0.25) is 4.98 Å². The normalized spacial score (nSPS) is 14.8. The molecule has 5 nitrogen and oxygen atoms in total. The molecule has 0 atom stereocenters. The van der Waals surface area contributed by atoms with Gasteiger partial charge < -0.3 is 10.6 Å². The molecule has 0 bridgehead atoms. The first-order chi connectivity index (χ1) is 12.9. The molecule has 1 aromatic carbocycles. The van der Waals surface area contributed by atoms with Gasteiger partial charge in [0.15, 0.2) is 0 Å². The van der Waals surface area contributed by atoms with E-state index in [1.165, 1.54) is 32.1 Å². The molecule has 0 saturated heterocycles. The molecule has 3 aromatic rings. The number of pyridine rings is 1. The van der Waals surface area contributed by atoms with Crippen molar-refractivity contribution in [3.8, 4) is 11.4 Å². The van der Waals surface area contributed by atoms with Crippen molar-refractivity contribution in [3.63, 3.8) is 0 Å². The second-order valence-electron chi connectivity index (χ2n) is 6.65. The van der Waals surface area contributed by atoms with E-state index in [1.807, 2.05) is 54.6 Å². The molecule has 1 saturated carbocycles. The maximum absolute atomic E-state index is 4.71. The fraction of sp³-hybridized carbons (Fsp3) is 0.286. The van der Waals surface area contributed by atoms with Crippen molar-refractivity contribution in [3.05, 3.63) is 60.8 Å². The molecule has 0 unspecified atom stereocenters. The van der Waals surface area contributed by atoms with Crippen molar-refractivity contribution < 1.29 is 0 Å². The zero-order valence-corrected chi connectivity index (χ0v) is 14.7. The van der Waals surface area contributed by atoms with E-state index in [9.17, 15) is 0 Å². The summed E-state index contributed by atoms with van der Waals surface area (Å²) in [7, 11) is 0. The third-order valence-electron chi connectivity index (χ3n) is 4.64. The molecule has 1 aliphatic carbocycles. The van der Waals surface area contributed by atoms with Crippen LogP contribution in [0.1, 0.15) is 32.1 Å². The molecular weight excluding hydrogens is 322 g/mol. The maximum atomic E-state index is 4.71. The zero-order valence-electron chi connectivity index (χ0n) is 14.7. The van der Waals surface area contributed by atoms with Gasteiger partial charge in [-0.05, 0) is 37.1 Å². The number of benzene rings is 1. The van der Waals surface area contributed by atoms with E-state index in [0.717, 1.165) is 22.9 Å². The topological polar surface area (TPSA) is 62.7 Å². The van der Waals surface area contributed by atoms with E-state index >= 15 is 0 Å². The number of anilines is 3. The Kier molecular flexibility index (Phi) is 5.05. The molecule has 0 spiro atoms. The Balaban J connectivity index is 1.64. The van der Waals surface area contributed by atoms with Crippen molar-refractivity contribution in [1.82, 2.24) is 15.0 Å². The van der Waals surface area contributed by atoms with Gasteiger partial charge in [0.05, 0.1) is 11.4 Å². The second-order valence-corrected chi connectivity index (χ2v) is 6.65. The lowest BCUT2D eigenvalue weighted by atomic mass is 9.96. The van der Waals surface area contributed by atoms with Crippen molar-refractivity contribution in [1.29, 1.82) is 0 Å². The standard InChI is InChI=1S/C21H23N5/c1-3-9-16(10-4-1)23-20-15-19(18-13-7-8-14-22-18)25-21(26-20)24-17-11-5-2-6-12-17/h1,3-4,7-10,13-15,17H,2,5-6,11-12H2,(H2,23,24,25,26). The summed E-state index contributed by atoms with van der Waals surface area (Å²) in [6, 6.07) is 18.3. The second kappa shape index (κ2) is 7.95. The molecular formula is C21H23N5. The first-order valence-electron chi connectivity index (χ1n) is 9.26. The average molecular weight is 345 g/mol.